The van der Waals surface area contributed by atoms with Crippen LogP contribution in [-0.4, -0.2) is 11.7 Å². The maximum atomic E-state index is 14.3. The minimum Gasteiger partial charge on any atom is -0.465 e. The molecule has 0 saturated heterocycles. The Kier molecular flexibility index (Phi) is 3.74. The lowest BCUT2D eigenvalue weighted by Gasteiger charge is -2.18. The van der Waals surface area contributed by atoms with Crippen molar-refractivity contribution < 1.29 is 13.6 Å². The Morgan fingerprint density at radius 1 is 0.960 bits per heavy atom. The van der Waals surface area contributed by atoms with Gasteiger partial charge in [-0.25, -0.2) is 9.38 Å². The lowest BCUT2D eigenvalue weighted by Crippen LogP contribution is -2.33. The minimum atomic E-state index is -0.436. The molecule has 1 aliphatic heterocycles. The second kappa shape index (κ2) is 6.20. The lowest BCUT2D eigenvalue weighted by molar-refractivity contribution is -0.113. The Labute approximate surface area is 143 Å². The molecule has 0 spiro atoms. The summed E-state index contributed by atoms with van der Waals surface area (Å²) >= 11 is 0. The maximum Gasteiger partial charge on any atom is 0.282 e. The number of aliphatic imine (C=N–C) groups is 1. The number of rotatable bonds is 3. The molecule has 122 valence electrons. The van der Waals surface area contributed by atoms with Gasteiger partial charge in [-0.1, -0.05) is 30.3 Å². The van der Waals surface area contributed by atoms with Crippen LogP contribution in [0.25, 0.3) is 6.08 Å². The van der Waals surface area contributed by atoms with Crippen molar-refractivity contribution in [2.45, 2.75) is 0 Å². The summed E-state index contributed by atoms with van der Waals surface area (Å²) in [5.41, 5.74) is 1.08. The van der Waals surface area contributed by atoms with Crippen molar-refractivity contribution in [3.63, 3.8) is 0 Å². The molecular weight excluding hydrogens is 319 g/mol. The Bertz CT molecular complexity index is 976. The zero-order chi connectivity index (χ0) is 17.2. The van der Waals surface area contributed by atoms with Crippen LogP contribution in [0.15, 0.2) is 88.1 Å². The van der Waals surface area contributed by atoms with Crippen LogP contribution in [-0.2, 0) is 4.79 Å². The lowest BCUT2D eigenvalue weighted by atomic mass is 10.1. The van der Waals surface area contributed by atoms with E-state index in [4.69, 9.17) is 4.42 Å². The van der Waals surface area contributed by atoms with Crippen molar-refractivity contribution in [3.05, 3.63) is 95.8 Å². The standard InChI is InChI=1S/C20H13FN2O2/c21-17-11-5-4-10-16(17)19-22-18(13-15-9-6-12-25-15)20(24)23(19)14-7-2-1-3-8-14/h1-13H/b18-13+. The first-order valence-electron chi connectivity index (χ1n) is 7.72. The van der Waals surface area contributed by atoms with E-state index in [0.717, 1.165) is 0 Å². The number of hydrogen-bond donors (Lipinski definition) is 0. The number of amidine groups is 1. The van der Waals surface area contributed by atoms with Crippen molar-refractivity contribution >= 4 is 23.5 Å². The van der Waals surface area contributed by atoms with Gasteiger partial charge in [-0.05, 0) is 36.4 Å². The number of nitrogens with zero attached hydrogens (tertiary/aromatic N) is 2. The summed E-state index contributed by atoms with van der Waals surface area (Å²) in [6.07, 6.45) is 3.06. The summed E-state index contributed by atoms with van der Waals surface area (Å²) in [5.74, 6) is -0.00270. The number of furan rings is 1. The summed E-state index contributed by atoms with van der Waals surface area (Å²) in [6, 6.07) is 18.8. The van der Waals surface area contributed by atoms with Crippen LogP contribution < -0.4 is 4.90 Å². The first-order valence-corrected chi connectivity index (χ1v) is 7.72. The largest absolute Gasteiger partial charge is 0.465 e. The zero-order valence-electron chi connectivity index (χ0n) is 13.1. The van der Waals surface area contributed by atoms with Gasteiger partial charge in [0.05, 0.1) is 17.5 Å². The summed E-state index contributed by atoms with van der Waals surface area (Å²) in [7, 11) is 0. The monoisotopic (exact) mass is 332 g/mol. The smallest absolute Gasteiger partial charge is 0.282 e. The van der Waals surface area contributed by atoms with Gasteiger partial charge in [0.15, 0.2) is 5.84 Å². The van der Waals surface area contributed by atoms with E-state index in [2.05, 4.69) is 4.99 Å². The number of para-hydroxylation sites is 1. The molecule has 2 heterocycles. The molecular formula is C20H13FN2O2. The number of carbonyl (C=O) groups is 1. The van der Waals surface area contributed by atoms with Crippen LogP contribution in [0, 0.1) is 5.82 Å². The molecule has 4 rings (SSSR count). The molecule has 0 saturated carbocycles. The highest BCUT2D eigenvalue weighted by atomic mass is 19.1. The summed E-state index contributed by atoms with van der Waals surface area (Å²) in [5, 5.41) is 0. The molecule has 5 heteroatoms. The molecule has 0 atom stereocenters. The third-order valence-electron chi connectivity index (χ3n) is 3.81. The molecule has 1 amide bonds. The number of amides is 1. The fourth-order valence-corrected chi connectivity index (χ4v) is 2.66. The third-order valence-corrected chi connectivity index (χ3v) is 3.81. The normalized spacial score (nSPS) is 15.7. The van der Waals surface area contributed by atoms with Crippen molar-refractivity contribution in [2.24, 2.45) is 4.99 Å². The van der Waals surface area contributed by atoms with Crippen LogP contribution >= 0.6 is 0 Å². The predicted octanol–water partition coefficient (Wildman–Crippen LogP) is 4.25. The third kappa shape index (κ3) is 2.76. The fraction of sp³-hybridized carbons (Fsp3) is 0. The van der Waals surface area contributed by atoms with E-state index in [1.165, 1.54) is 17.2 Å². The van der Waals surface area contributed by atoms with E-state index in [1.54, 1.807) is 48.5 Å². The number of anilines is 1. The SMILES string of the molecule is O=C1/C(=C\c2ccco2)N=C(c2ccccc2F)N1c1ccccc1. The van der Waals surface area contributed by atoms with E-state index in [1.807, 2.05) is 18.2 Å². The van der Waals surface area contributed by atoms with E-state index < -0.39 is 5.82 Å². The molecule has 1 aliphatic rings. The molecule has 25 heavy (non-hydrogen) atoms. The van der Waals surface area contributed by atoms with Crippen molar-refractivity contribution in [1.82, 2.24) is 0 Å². The van der Waals surface area contributed by atoms with Gasteiger partial charge in [0.25, 0.3) is 5.91 Å². The average molecular weight is 332 g/mol. The molecule has 0 radical (unpaired) electrons. The quantitative estimate of drug-likeness (QED) is 0.673. The minimum absolute atomic E-state index is 0.192. The number of hydrogen-bond acceptors (Lipinski definition) is 3. The highest BCUT2D eigenvalue weighted by Gasteiger charge is 2.33. The molecule has 1 aromatic heterocycles. The van der Waals surface area contributed by atoms with Gasteiger partial charge in [0.1, 0.15) is 17.3 Å². The van der Waals surface area contributed by atoms with Crippen LogP contribution in [0.1, 0.15) is 11.3 Å². The van der Waals surface area contributed by atoms with E-state index in [-0.39, 0.29) is 23.0 Å². The Hall–Kier alpha value is -3.47. The van der Waals surface area contributed by atoms with Crippen LogP contribution in [0.5, 0.6) is 0 Å². The van der Waals surface area contributed by atoms with E-state index in [9.17, 15) is 9.18 Å². The Balaban J connectivity index is 1.86. The molecule has 4 nitrogen and oxygen atoms in total. The van der Waals surface area contributed by atoms with E-state index >= 15 is 0 Å². The summed E-state index contributed by atoms with van der Waals surface area (Å²) in [4.78, 5) is 18.7. The highest BCUT2D eigenvalue weighted by Crippen LogP contribution is 2.28. The van der Waals surface area contributed by atoms with Gasteiger partial charge in [-0.2, -0.15) is 0 Å². The van der Waals surface area contributed by atoms with Crippen molar-refractivity contribution in [3.8, 4) is 0 Å². The van der Waals surface area contributed by atoms with Crippen molar-refractivity contribution in [1.29, 1.82) is 0 Å². The van der Waals surface area contributed by atoms with Gasteiger partial charge in [0, 0.05) is 6.08 Å². The number of carbonyl (C=O) groups excluding carboxylic acids is 1. The van der Waals surface area contributed by atoms with Crippen LogP contribution in [0.4, 0.5) is 10.1 Å². The summed E-state index contributed by atoms with van der Waals surface area (Å²) < 4.78 is 19.6. The molecule has 3 aromatic rings. The number of halogens is 1. The van der Waals surface area contributed by atoms with Gasteiger partial charge in [-0.3, -0.25) is 9.69 Å². The van der Waals surface area contributed by atoms with Crippen LogP contribution in [0.3, 0.4) is 0 Å². The maximum absolute atomic E-state index is 14.3. The van der Waals surface area contributed by atoms with Crippen molar-refractivity contribution in [2.75, 3.05) is 4.90 Å². The molecule has 0 unspecified atom stereocenters. The van der Waals surface area contributed by atoms with Gasteiger partial charge >= 0.3 is 0 Å². The topological polar surface area (TPSA) is 45.8 Å². The fourth-order valence-electron chi connectivity index (χ4n) is 2.66. The van der Waals surface area contributed by atoms with Gasteiger partial charge in [0.2, 0.25) is 0 Å². The Morgan fingerprint density at radius 3 is 2.44 bits per heavy atom. The molecule has 0 aliphatic carbocycles. The first-order chi connectivity index (χ1) is 12.2. The zero-order valence-corrected chi connectivity index (χ0v) is 13.1. The second-order valence-corrected chi connectivity index (χ2v) is 5.44. The molecule has 0 N–H and O–H groups in total. The van der Waals surface area contributed by atoms with Gasteiger partial charge < -0.3 is 4.42 Å². The first kappa shape index (κ1) is 15.1. The second-order valence-electron chi connectivity index (χ2n) is 5.44. The molecule has 0 bridgehead atoms. The van der Waals surface area contributed by atoms with Gasteiger partial charge in [-0.15, -0.1) is 0 Å². The summed E-state index contributed by atoms with van der Waals surface area (Å²) in [6.45, 7) is 0. The predicted molar refractivity (Wildman–Crippen MR) is 93.6 cm³/mol. The highest BCUT2D eigenvalue weighted by molar-refractivity contribution is 6.33. The van der Waals surface area contributed by atoms with E-state index in [0.29, 0.717) is 11.4 Å². The van der Waals surface area contributed by atoms with Crippen LogP contribution in [0.2, 0.25) is 0 Å². The molecule has 0 fully saturated rings. The molecule has 2 aromatic carbocycles. The number of benzene rings is 2. The Morgan fingerprint density at radius 2 is 1.72 bits per heavy atom. The average Bonchev–Trinajstić information content (AvgIpc) is 3.25.